The summed E-state index contributed by atoms with van der Waals surface area (Å²) < 4.78 is 15.1. The minimum Gasteiger partial charge on any atom is -0.493 e. The van der Waals surface area contributed by atoms with Crippen LogP contribution >= 0.6 is 0 Å². The van der Waals surface area contributed by atoms with Gasteiger partial charge < -0.3 is 19.5 Å². The van der Waals surface area contributed by atoms with E-state index in [9.17, 15) is 9.59 Å². The van der Waals surface area contributed by atoms with Gasteiger partial charge in [-0.15, -0.1) is 0 Å². The van der Waals surface area contributed by atoms with E-state index in [1.54, 1.807) is 50.6 Å². The Morgan fingerprint density at radius 3 is 2.11 bits per heavy atom. The van der Waals surface area contributed by atoms with Gasteiger partial charge >= 0.3 is 5.97 Å². The summed E-state index contributed by atoms with van der Waals surface area (Å²) in [6.45, 7) is 0. The number of carbonyl (C=O) groups is 2. The molecule has 0 radical (unpaired) electrons. The van der Waals surface area contributed by atoms with Crippen molar-refractivity contribution in [2.75, 3.05) is 21.3 Å². The van der Waals surface area contributed by atoms with Crippen LogP contribution in [0.4, 0.5) is 0 Å². The number of carbonyl (C=O) groups excluding carboxylic acids is 2. The van der Waals surface area contributed by atoms with Gasteiger partial charge in [-0.2, -0.15) is 0 Å². The van der Waals surface area contributed by atoms with Gasteiger partial charge in [0, 0.05) is 6.42 Å². The summed E-state index contributed by atoms with van der Waals surface area (Å²) in [5, 5.41) is 10.6. The molecule has 0 saturated carbocycles. The van der Waals surface area contributed by atoms with Crippen molar-refractivity contribution in [2.24, 2.45) is 0 Å². The Balaban J connectivity index is 1.92. The third kappa shape index (κ3) is 5.57. The summed E-state index contributed by atoms with van der Waals surface area (Å²) in [5.74, 6) is 0.527. The maximum Gasteiger partial charge on any atom is 0.337 e. The Hall–Kier alpha value is -3.35. The van der Waals surface area contributed by atoms with E-state index < -0.39 is 5.97 Å². The molecule has 0 unspecified atom stereocenters. The Kier molecular flexibility index (Phi) is 6.93. The average Bonchev–Trinajstić information content (AvgIpc) is 2.67. The lowest BCUT2D eigenvalue weighted by atomic mass is 10.1. The molecule has 2 rings (SSSR count). The number of ether oxygens (including phenoxy) is 3. The molecule has 0 fully saturated rings. The van der Waals surface area contributed by atoms with Crippen LogP contribution in [0.5, 0.6) is 11.5 Å². The lowest BCUT2D eigenvalue weighted by molar-refractivity contribution is -0.119. The van der Waals surface area contributed by atoms with E-state index in [0.717, 1.165) is 11.1 Å². The molecule has 7 nitrogen and oxygen atoms in total. The first-order valence-electron chi connectivity index (χ1n) is 8.22. The van der Waals surface area contributed by atoms with Crippen molar-refractivity contribution in [3.63, 3.8) is 0 Å². The van der Waals surface area contributed by atoms with E-state index in [-0.39, 0.29) is 24.6 Å². The van der Waals surface area contributed by atoms with Crippen molar-refractivity contribution in [2.45, 2.75) is 12.8 Å². The molecular formula is C20H22N2O5. The zero-order chi connectivity index (χ0) is 19.8. The second-order valence-electron chi connectivity index (χ2n) is 5.76. The van der Waals surface area contributed by atoms with Gasteiger partial charge in [0.25, 0.3) is 0 Å². The van der Waals surface area contributed by atoms with Gasteiger partial charge in [-0.3, -0.25) is 10.2 Å². The Morgan fingerprint density at radius 1 is 0.889 bits per heavy atom. The highest BCUT2D eigenvalue weighted by atomic mass is 16.5. The molecule has 0 heterocycles. The fraction of sp³-hybridized carbons (Fsp3) is 0.250. The third-order valence-corrected chi connectivity index (χ3v) is 3.86. The molecule has 0 aliphatic carbocycles. The van der Waals surface area contributed by atoms with Gasteiger partial charge in [-0.1, -0.05) is 18.2 Å². The second-order valence-corrected chi connectivity index (χ2v) is 5.76. The zero-order valence-electron chi connectivity index (χ0n) is 15.5. The highest BCUT2D eigenvalue weighted by molar-refractivity contribution is 5.98. The third-order valence-electron chi connectivity index (χ3n) is 3.86. The van der Waals surface area contributed by atoms with Crippen LogP contribution in [0, 0.1) is 5.41 Å². The number of hydrogen-bond donors (Lipinski definition) is 2. The van der Waals surface area contributed by atoms with Crippen LogP contribution in [0.1, 0.15) is 21.5 Å². The molecule has 0 aliphatic rings. The normalized spacial score (nSPS) is 10.0. The number of amidine groups is 1. The van der Waals surface area contributed by atoms with E-state index in [2.05, 4.69) is 10.1 Å². The molecule has 0 aliphatic heterocycles. The van der Waals surface area contributed by atoms with Crippen LogP contribution in [0.25, 0.3) is 0 Å². The maximum atomic E-state index is 12.1. The Bertz CT molecular complexity index is 831. The molecule has 0 atom stereocenters. The molecule has 7 heteroatoms. The molecule has 1 amide bonds. The molecule has 2 aromatic rings. The molecule has 2 aromatic carbocycles. The standard InChI is InChI=1S/C20H22N2O5/c1-25-16-9-6-14(10-17(16)26-2)11-18(21)22-19(23)12-13-4-7-15(8-5-13)20(24)27-3/h4-10H,11-12H2,1-3H3,(H2,21,22,23). The molecular weight excluding hydrogens is 348 g/mol. The average molecular weight is 370 g/mol. The van der Waals surface area contributed by atoms with Gasteiger partial charge in [0.15, 0.2) is 11.5 Å². The Morgan fingerprint density at radius 2 is 1.52 bits per heavy atom. The van der Waals surface area contributed by atoms with Crippen LogP contribution in [0.2, 0.25) is 0 Å². The fourth-order valence-electron chi connectivity index (χ4n) is 2.51. The SMILES string of the molecule is COC(=O)c1ccc(CC(=O)NC(=N)Cc2ccc(OC)c(OC)c2)cc1. The van der Waals surface area contributed by atoms with Gasteiger partial charge in [-0.25, -0.2) is 4.79 Å². The lowest BCUT2D eigenvalue weighted by Crippen LogP contribution is -2.32. The molecule has 0 aromatic heterocycles. The van der Waals surface area contributed by atoms with Gasteiger partial charge in [0.1, 0.15) is 5.84 Å². The van der Waals surface area contributed by atoms with Crippen molar-refractivity contribution >= 4 is 17.7 Å². The monoisotopic (exact) mass is 370 g/mol. The molecule has 142 valence electrons. The van der Waals surface area contributed by atoms with E-state index >= 15 is 0 Å². The number of hydrogen-bond acceptors (Lipinski definition) is 6. The molecule has 0 bridgehead atoms. The number of nitrogens with one attached hydrogen (secondary N) is 2. The van der Waals surface area contributed by atoms with E-state index in [0.29, 0.717) is 17.1 Å². The number of rotatable bonds is 7. The van der Waals surface area contributed by atoms with Crippen molar-refractivity contribution < 1.29 is 23.8 Å². The first kappa shape index (κ1) is 20.0. The predicted octanol–water partition coefficient (Wildman–Crippen LogP) is 2.37. The largest absolute Gasteiger partial charge is 0.493 e. The number of amides is 1. The van der Waals surface area contributed by atoms with E-state index in [1.165, 1.54) is 7.11 Å². The maximum absolute atomic E-state index is 12.1. The highest BCUT2D eigenvalue weighted by Gasteiger charge is 2.10. The van der Waals surface area contributed by atoms with Crippen molar-refractivity contribution in [3.05, 3.63) is 59.2 Å². The smallest absolute Gasteiger partial charge is 0.337 e. The Labute approximate surface area is 157 Å². The number of benzene rings is 2. The number of esters is 1. The topological polar surface area (TPSA) is 97.7 Å². The summed E-state index contributed by atoms with van der Waals surface area (Å²) in [6.07, 6.45) is 0.364. The summed E-state index contributed by atoms with van der Waals surface area (Å²) in [4.78, 5) is 23.5. The zero-order valence-corrected chi connectivity index (χ0v) is 15.5. The minimum absolute atomic E-state index is 0.0819. The first-order chi connectivity index (χ1) is 13.0. The van der Waals surface area contributed by atoms with Crippen LogP contribution < -0.4 is 14.8 Å². The van der Waals surface area contributed by atoms with E-state index in [4.69, 9.17) is 14.9 Å². The van der Waals surface area contributed by atoms with Crippen LogP contribution in [0.15, 0.2) is 42.5 Å². The van der Waals surface area contributed by atoms with Gasteiger partial charge in [0.05, 0.1) is 33.3 Å². The highest BCUT2D eigenvalue weighted by Crippen LogP contribution is 2.27. The molecule has 2 N–H and O–H groups in total. The van der Waals surface area contributed by atoms with Crippen molar-refractivity contribution in [1.29, 1.82) is 5.41 Å². The van der Waals surface area contributed by atoms with Crippen molar-refractivity contribution in [1.82, 2.24) is 5.32 Å². The molecule has 0 saturated heterocycles. The molecule has 0 spiro atoms. The lowest BCUT2D eigenvalue weighted by Gasteiger charge is -2.11. The predicted molar refractivity (Wildman–Crippen MR) is 101 cm³/mol. The van der Waals surface area contributed by atoms with Crippen molar-refractivity contribution in [3.8, 4) is 11.5 Å². The van der Waals surface area contributed by atoms with E-state index in [1.807, 2.05) is 6.07 Å². The van der Waals surface area contributed by atoms with Crippen LogP contribution in [-0.2, 0) is 22.4 Å². The first-order valence-corrected chi connectivity index (χ1v) is 8.22. The van der Waals surface area contributed by atoms with Gasteiger partial charge in [-0.05, 0) is 35.4 Å². The summed E-state index contributed by atoms with van der Waals surface area (Å²) >= 11 is 0. The minimum atomic E-state index is -0.428. The summed E-state index contributed by atoms with van der Waals surface area (Å²) in [6, 6.07) is 11.9. The second kappa shape index (κ2) is 9.38. The summed E-state index contributed by atoms with van der Waals surface area (Å²) in [5.41, 5.74) is 1.97. The summed E-state index contributed by atoms with van der Waals surface area (Å²) in [7, 11) is 4.41. The van der Waals surface area contributed by atoms with Crippen LogP contribution in [-0.4, -0.2) is 39.0 Å². The van der Waals surface area contributed by atoms with Gasteiger partial charge in [0.2, 0.25) is 5.91 Å². The van der Waals surface area contributed by atoms with Crippen LogP contribution in [0.3, 0.4) is 0 Å². The number of methoxy groups -OCH3 is 3. The quantitative estimate of drug-likeness (QED) is 0.443. The molecule has 27 heavy (non-hydrogen) atoms. The fourth-order valence-corrected chi connectivity index (χ4v) is 2.51.